The molecule has 2 N–H and O–H groups in total. The largest absolute Gasteiger partial charge is 0.416 e. The van der Waals surface area contributed by atoms with Gasteiger partial charge >= 0.3 is 6.18 Å². The molecule has 0 aromatic heterocycles. The van der Waals surface area contributed by atoms with Gasteiger partial charge in [-0.1, -0.05) is 24.4 Å². The molecule has 0 unspecified atom stereocenters. The number of carbonyl (C=O) groups excluding carboxylic acids is 1. The minimum absolute atomic E-state index is 0.0436. The number of nitrogens with one attached hydrogen (secondary N) is 2. The average Bonchev–Trinajstić information content (AvgIpc) is 2.78. The number of hydrogen-bond acceptors (Lipinski definition) is 4. The van der Waals surface area contributed by atoms with Crippen LogP contribution in [0, 0.1) is 5.41 Å². The molecule has 0 aromatic carbocycles. The van der Waals surface area contributed by atoms with Crippen molar-refractivity contribution in [2.24, 2.45) is 0 Å². The summed E-state index contributed by atoms with van der Waals surface area (Å²) >= 11 is 0.977. The van der Waals surface area contributed by atoms with E-state index in [-0.39, 0.29) is 16.9 Å². The molecular weight excluding hydrogens is 289 g/mol. The van der Waals surface area contributed by atoms with Crippen LogP contribution in [0.1, 0.15) is 13.8 Å². The number of halogens is 3. The molecule has 0 atom stereocenters. The number of thioether (sulfide) groups is 1. The third kappa shape index (κ3) is 3.41. The molecule has 0 aliphatic carbocycles. The van der Waals surface area contributed by atoms with E-state index in [4.69, 9.17) is 5.41 Å². The fourth-order valence-electron chi connectivity index (χ4n) is 1.51. The molecule has 1 aliphatic rings. The summed E-state index contributed by atoms with van der Waals surface area (Å²) in [5.41, 5.74) is -0.867. The number of carbonyl (C=O) groups is 1. The molecule has 1 aliphatic heterocycles. The van der Waals surface area contributed by atoms with Crippen LogP contribution in [0.3, 0.4) is 0 Å². The Morgan fingerprint density at radius 2 is 2.10 bits per heavy atom. The highest BCUT2D eigenvalue weighted by Crippen LogP contribution is 2.42. The smallest absolute Gasteiger partial charge is 0.354 e. The van der Waals surface area contributed by atoms with Crippen molar-refractivity contribution in [3.8, 4) is 0 Å². The lowest BCUT2D eigenvalue weighted by atomic mass is 10.1. The first-order valence-corrected chi connectivity index (χ1v) is 6.37. The number of Topliss-reactive ketones (excluding diaryl/α,β-unsaturated/α-hetero) is 1. The topological polar surface area (TPSA) is 53.0 Å². The van der Waals surface area contributed by atoms with Gasteiger partial charge in [-0.15, -0.1) is 0 Å². The van der Waals surface area contributed by atoms with Crippen LogP contribution in [-0.2, 0) is 4.79 Å². The summed E-state index contributed by atoms with van der Waals surface area (Å²) in [5, 5.41) is 10.2. The zero-order valence-corrected chi connectivity index (χ0v) is 11.7. The maximum absolute atomic E-state index is 12.7. The maximum Gasteiger partial charge on any atom is 0.416 e. The van der Waals surface area contributed by atoms with Crippen LogP contribution in [0.25, 0.3) is 0 Å². The predicted molar refractivity (Wildman–Crippen MR) is 74.3 cm³/mol. The lowest BCUT2D eigenvalue weighted by molar-refractivity contribution is -0.113. The van der Waals surface area contributed by atoms with E-state index < -0.39 is 11.7 Å². The van der Waals surface area contributed by atoms with Crippen molar-refractivity contribution in [1.82, 2.24) is 5.32 Å². The number of ketones is 1. The molecule has 0 saturated heterocycles. The highest BCUT2D eigenvalue weighted by atomic mass is 32.2. The van der Waals surface area contributed by atoms with Crippen LogP contribution >= 0.6 is 11.8 Å². The fraction of sp³-hybridized carbons (Fsp3) is 0.231. The third-order valence-electron chi connectivity index (χ3n) is 2.54. The number of allylic oxidation sites excluding steroid dienone is 4. The minimum atomic E-state index is -4.51. The Balaban J connectivity index is 3.06. The first-order chi connectivity index (χ1) is 9.22. The van der Waals surface area contributed by atoms with Crippen molar-refractivity contribution in [2.75, 3.05) is 0 Å². The Bertz CT molecular complexity index is 556. The number of alkyl halides is 3. The van der Waals surface area contributed by atoms with Gasteiger partial charge in [0.15, 0.2) is 5.78 Å². The first kappa shape index (κ1) is 16.3. The molecule has 0 radical (unpaired) electrons. The molecule has 1 heterocycles. The maximum atomic E-state index is 12.7. The molecule has 3 nitrogen and oxygen atoms in total. The quantitative estimate of drug-likeness (QED) is 0.473. The van der Waals surface area contributed by atoms with Crippen molar-refractivity contribution >= 4 is 23.8 Å². The van der Waals surface area contributed by atoms with Gasteiger partial charge in [0.2, 0.25) is 0 Å². The van der Waals surface area contributed by atoms with Crippen LogP contribution < -0.4 is 5.32 Å². The van der Waals surface area contributed by atoms with Crippen molar-refractivity contribution in [3.05, 3.63) is 45.5 Å². The lowest BCUT2D eigenvalue weighted by Crippen LogP contribution is -2.13. The Labute approximate surface area is 118 Å². The van der Waals surface area contributed by atoms with Gasteiger partial charge in [-0.05, 0) is 19.4 Å². The Hall–Kier alpha value is -1.76. The summed E-state index contributed by atoms with van der Waals surface area (Å²) in [6, 6.07) is 0. The van der Waals surface area contributed by atoms with Crippen molar-refractivity contribution < 1.29 is 18.0 Å². The molecule has 1 rings (SSSR count). The molecule has 0 saturated carbocycles. The van der Waals surface area contributed by atoms with Crippen molar-refractivity contribution in [2.45, 2.75) is 20.0 Å². The van der Waals surface area contributed by atoms with Gasteiger partial charge in [0.1, 0.15) is 0 Å². The highest BCUT2D eigenvalue weighted by Gasteiger charge is 2.36. The second-order valence-corrected chi connectivity index (χ2v) is 4.93. The number of rotatable bonds is 4. The van der Waals surface area contributed by atoms with Crippen LogP contribution in [0.5, 0.6) is 0 Å². The van der Waals surface area contributed by atoms with E-state index in [9.17, 15) is 18.0 Å². The summed E-state index contributed by atoms with van der Waals surface area (Å²) < 4.78 is 38.1. The second kappa shape index (κ2) is 6.13. The number of hydrogen-bond donors (Lipinski definition) is 2. The Morgan fingerprint density at radius 1 is 1.50 bits per heavy atom. The van der Waals surface area contributed by atoms with E-state index >= 15 is 0 Å². The van der Waals surface area contributed by atoms with Crippen LogP contribution in [0.4, 0.5) is 13.2 Å². The van der Waals surface area contributed by atoms with E-state index in [2.05, 4.69) is 11.9 Å². The van der Waals surface area contributed by atoms with Gasteiger partial charge in [0.05, 0.1) is 16.2 Å². The Morgan fingerprint density at radius 3 is 2.50 bits per heavy atom. The van der Waals surface area contributed by atoms with Crippen LogP contribution in [0.15, 0.2) is 45.5 Å². The summed E-state index contributed by atoms with van der Waals surface area (Å²) in [4.78, 5) is 11.6. The SMILES string of the molecule is C=C(/C(=C\C)C1=CN/C(=C(\C=N)C(C)=O)S1)C(F)(F)F. The zero-order valence-electron chi connectivity index (χ0n) is 10.9. The predicted octanol–water partition coefficient (Wildman–Crippen LogP) is 3.68. The standard InChI is InChI=1S/C13H13F3N2OS/c1-4-9(7(2)13(14,15)16)11-6-18-12(20-11)10(5-17)8(3)19/h4-6,17-18H,2H2,1,3H3/b9-4+,12-10-,17-5?. The van der Waals surface area contributed by atoms with Gasteiger partial charge in [-0.25, -0.2) is 0 Å². The first-order valence-electron chi connectivity index (χ1n) is 5.55. The van der Waals surface area contributed by atoms with Crippen LogP contribution in [0.2, 0.25) is 0 Å². The zero-order chi connectivity index (χ0) is 15.5. The molecule has 0 spiro atoms. The summed E-state index contributed by atoms with van der Waals surface area (Å²) in [6.07, 6.45) is -0.946. The summed E-state index contributed by atoms with van der Waals surface area (Å²) in [5.74, 6) is -0.332. The second-order valence-electron chi connectivity index (χ2n) is 3.88. The van der Waals surface area contributed by atoms with E-state index in [1.165, 1.54) is 26.1 Å². The molecule has 108 valence electrons. The van der Waals surface area contributed by atoms with Gasteiger partial charge in [-0.3, -0.25) is 4.79 Å². The molecule has 0 amide bonds. The molecule has 0 bridgehead atoms. The molecule has 7 heteroatoms. The summed E-state index contributed by atoms with van der Waals surface area (Å²) in [7, 11) is 0. The molecule has 0 aromatic rings. The normalized spacial score (nSPS) is 18.2. The van der Waals surface area contributed by atoms with E-state index in [1.54, 1.807) is 0 Å². The summed E-state index contributed by atoms with van der Waals surface area (Å²) in [6.45, 7) is 5.84. The minimum Gasteiger partial charge on any atom is -0.354 e. The molecule has 20 heavy (non-hydrogen) atoms. The molecular formula is C13H13F3N2OS. The van der Waals surface area contributed by atoms with Crippen molar-refractivity contribution in [3.63, 3.8) is 0 Å². The average molecular weight is 302 g/mol. The Kier molecular flexibility index (Phi) is 4.99. The third-order valence-corrected chi connectivity index (χ3v) is 3.64. The highest BCUT2D eigenvalue weighted by molar-refractivity contribution is 8.07. The van der Waals surface area contributed by atoms with Crippen LogP contribution in [-0.4, -0.2) is 18.2 Å². The van der Waals surface area contributed by atoms with E-state index in [1.807, 2.05) is 0 Å². The van der Waals surface area contributed by atoms with Gasteiger partial charge in [0, 0.05) is 17.3 Å². The van der Waals surface area contributed by atoms with Gasteiger partial charge < -0.3 is 10.7 Å². The monoisotopic (exact) mass is 302 g/mol. The lowest BCUT2D eigenvalue weighted by Gasteiger charge is -2.13. The fourth-order valence-corrected chi connectivity index (χ4v) is 2.63. The van der Waals surface area contributed by atoms with Gasteiger partial charge in [-0.2, -0.15) is 13.2 Å². The van der Waals surface area contributed by atoms with Gasteiger partial charge in [0.25, 0.3) is 0 Å². The van der Waals surface area contributed by atoms with E-state index in [0.717, 1.165) is 18.0 Å². The van der Waals surface area contributed by atoms with E-state index in [0.29, 0.717) is 9.93 Å². The van der Waals surface area contributed by atoms with Crippen molar-refractivity contribution in [1.29, 1.82) is 5.41 Å². The molecule has 0 fully saturated rings.